The van der Waals surface area contributed by atoms with Crippen LogP contribution in [0.1, 0.15) is 59.6 Å². The Bertz CT molecular complexity index is 2790. The zero-order valence-corrected chi connectivity index (χ0v) is 34.4. The summed E-state index contributed by atoms with van der Waals surface area (Å²) in [6.45, 7) is 2.60. The van der Waals surface area contributed by atoms with E-state index in [1.165, 1.54) is 22.4 Å². The van der Waals surface area contributed by atoms with Gasteiger partial charge in [0.15, 0.2) is 17.4 Å². The van der Waals surface area contributed by atoms with E-state index in [1.807, 2.05) is 36.5 Å². The van der Waals surface area contributed by atoms with Crippen molar-refractivity contribution in [3.63, 3.8) is 0 Å². The Hall–Kier alpha value is -7.45. The number of ether oxygens (including phenoxy) is 1. The highest BCUT2D eigenvalue weighted by Gasteiger charge is 2.31. The summed E-state index contributed by atoms with van der Waals surface area (Å²) in [4.78, 5) is 70.2. The number of amides is 3. The number of fused-ring (bicyclic) bond motifs is 1. The van der Waals surface area contributed by atoms with Crippen LogP contribution in [-0.4, -0.2) is 78.9 Å². The number of para-hydroxylation sites is 2. The van der Waals surface area contributed by atoms with Crippen molar-refractivity contribution < 1.29 is 23.5 Å². The van der Waals surface area contributed by atoms with Gasteiger partial charge in [-0.15, -0.1) is 0 Å². The van der Waals surface area contributed by atoms with Gasteiger partial charge in [0.1, 0.15) is 17.7 Å². The summed E-state index contributed by atoms with van der Waals surface area (Å²) in [5.41, 5.74) is 4.61. The Balaban J connectivity index is 0.880. The van der Waals surface area contributed by atoms with Crippen molar-refractivity contribution in [1.82, 2.24) is 44.6 Å². The number of aryl methyl sites for hydroxylation is 1. The molecule has 1 unspecified atom stereocenters. The third-order valence-corrected chi connectivity index (χ3v) is 11.2. The minimum Gasteiger partial charge on any atom is -0.494 e. The lowest BCUT2D eigenvalue weighted by Crippen LogP contribution is -2.44. The third kappa shape index (κ3) is 8.72. The van der Waals surface area contributed by atoms with Gasteiger partial charge >= 0.3 is 5.69 Å². The third-order valence-electron chi connectivity index (χ3n) is 11.2. The van der Waals surface area contributed by atoms with Gasteiger partial charge < -0.3 is 20.7 Å². The number of halogens is 1. The van der Waals surface area contributed by atoms with Crippen LogP contribution in [0.5, 0.6) is 5.75 Å². The van der Waals surface area contributed by atoms with Gasteiger partial charge in [-0.2, -0.15) is 0 Å². The number of hydrogen-bond donors (Lipinski definition) is 4. The average Bonchev–Trinajstić information content (AvgIpc) is 3.53. The fourth-order valence-electron chi connectivity index (χ4n) is 7.96. The van der Waals surface area contributed by atoms with Crippen LogP contribution in [0, 0.1) is 23.6 Å². The lowest BCUT2D eigenvalue weighted by atomic mass is 9.93. The molecule has 62 heavy (non-hydrogen) atoms. The number of nitrogens with one attached hydrogen (secondary N) is 4. The second kappa shape index (κ2) is 18.0. The Morgan fingerprint density at radius 1 is 0.919 bits per heavy atom. The van der Waals surface area contributed by atoms with Crippen LogP contribution >= 0.6 is 0 Å². The highest BCUT2D eigenvalue weighted by Crippen LogP contribution is 2.37. The number of methoxy groups -OCH3 is 1. The highest BCUT2D eigenvalue weighted by molar-refractivity contribution is 6.01. The molecule has 3 amide bonds. The molecular formula is C45H44FN11O5. The first-order valence-electron chi connectivity index (χ1n) is 20.2. The number of rotatable bonds is 11. The molecule has 2 fully saturated rings. The van der Waals surface area contributed by atoms with Gasteiger partial charge in [-0.1, -0.05) is 30.0 Å². The van der Waals surface area contributed by atoms with E-state index >= 15 is 0 Å². The number of aromatic nitrogens is 6. The molecule has 16 nitrogen and oxygen atoms in total. The van der Waals surface area contributed by atoms with Gasteiger partial charge in [0.05, 0.1) is 58.6 Å². The SMILES string of the molecule is CNC(=O)c1cnc(Nc2ccc(CN3CCC(CC#Cc4cccc5c4n(C)c(=O)n5C4CCC(=O)NC4=O)CC3)cn2)cc1Nc1cccc(-c2ncc(F)cn2)c1OC. The fourth-order valence-corrected chi connectivity index (χ4v) is 7.96. The van der Waals surface area contributed by atoms with Crippen molar-refractivity contribution in [3.05, 3.63) is 112 Å². The zero-order valence-electron chi connectivity index (χ0n) is 34.4. The summed E-state index contributed by atoms with van der Waals surface area (Å²) in [6.07, 6.45) is 8.68. The first kappa shape index (κ1) is 41.3. The Morgan fingerprint density at radius 2 is 1.69 bits per heavy atom. The predicted molar refractivity (Wildman–Crippen MR) is 231 cm³/mol. The second-order valence-corrected chi connectivity index (χ2v) is 15.2. The molecule has 6 heterocycles. The van der Waals surface area contributed by atoms with Gasteiger partial charge in [0.2, 0.25) is 11.8 Å². The van der Waals surface area contributed by atoms with Crippen LogP contribution in [-0.2, 0) is 23.2 Å². The van der Waals surface area contributed by atoms with E-state index < -0.39 is 17.8 Å². The van der Waals surface area contributed by atoms with E-state index in [0.29, 0.717) is 56.8 Å². The summed E-state index contributed by atoms with van der Waals surface area (Å²) < 4.78 is 22.3. The fraction of sp³-hybridized carbons (Fsp3) is 0.289. The molecule has 2 aliphatic heterocycles. The quantitative estimate of drug-likeness (QED) is 0.0986. The number of pyridine rings is 2. The van der Waals surface area contributed by atoms with Crippen molar-refractivity contribution in [2.45, 2.75) is 44.7 Å². The van der Waals surface area contributed by atoms with Crippen molar-refractivity contribution >= 4 is 51.8 Å². The number of imidazole rings is 1. The molecule has 17 heteroatoms. The molecule has 4 aromatic heterocycles. The second-order valence-electron chi connectivity index (χ2n) is 15.2. The van der Waals surface area contributed by atoms with Crippen molar-refractivity contribution in [1.29, 1.82) is 0 Å². The van der Waals surface area contributed by atoms with E-state index in [1.54, 1.807) is 38.4 Å². The predicted octanol–water partition coefficient (Wildman–Crippen LogP) is 5.21. The van der Waals surface area contributed by atoms with E-state index in [-0.39, 0.29) is 36.2 Å². The molecule has 2 saturated heterocycles. The summed E-state index contributed by atoms with van der Waals surface area (Å²) in [7, 11) is 4.73. The van der Waals surface area contributed by atoms with Crippen LogP contribution in [0.4, 0.5) is 27.4 Å². The molecule has 8 rings (SSSR count). The summed E-state index contributed by atoms with van der Waals surface area (Å²) in [5.74, 6) is 7.13. The topological polar surface area (TPSA) is 190 Å². The number of anilines is 4. The molecule has 0 bridgehead atoms. The molecule has 6 aromatic rings. The number of likely N-dealkylation sites (tertiary alicyclic amines) is 1. The average molecular weight is 838 g/mol. The number of carbonyl (C=O) groups is 3. The minimum atomic E-state index is -0.743. The van der Waals surface area contributed by atoms with Gasteiger partial charge in [0, 0.05) is 51.9 Å². The molecule has 0 aliphatic carbocycles. The Kier molecular flexibility index (Phi) is 12.0. The van der Waals surface area contributed by atoms with Crippen molar-refractivity contribution in [2.75, 3.05) is 37.9 Å². The standard InChI is InChI=1S/C45H44FN11O5/c1-47-43(59)32-25-49-38(21-34(32)52-33-11-6-10-31(41(33)62-3)42-50-23-30(46)24-51-42)53-37-15-13-28(22-48-37)26-56-19-17-27(18-20-56)7-4-8-29-9-5-12-35-40(29)55(2)45(61)57(35)36-14-16-39(58)54-44(36)60/h5-6,9-13,15,21-25,27,36H,7,14,16-20,26H2,1-3H3,(H,47,59)(H,54,58,60)(H2,48,49,52,53). The molecule has 0 saturated carbocycles. The van der Waals surface area contributed by atoms with E-state index in [9.17, 15) is 23.6 Å². The van der Waals surface area contributed by atoms with E-state index in [4.69, 9.17) is 4.74 Å². The first-order valence-corrected chi connectivity index (χ1v) is 20.2. The Morgan fingerprint density at radius 3 is 2.42 bits per heavy atom. The van der Waals surface area contributed by atoms with Crippen LogP contribution in [0.25, 0.3) is 22.4 Å². The molecule has 4 N–H and O–H groups in total. The monoisotopic (exact) mass is 837 g/mol. The summed E-state index contributed by atoms with van der Waals surface area (Å²) in [5, 5.41) is 11.5. The van der Waals surface area contributed by atoms with Crippen LogP contribution in [0.15, 0.2) is 84.2 Å². The number of imide groups is 1. The van der Waals surface area contributed by atoms with E-state index in [2.05, 4.69) is 57.9 Å². The van der Waals surface area contributed by atoms with Gasteiger partial charge in [-0.25, -0.2) is 29.1 Å². The van der Waals surface area contributed by atoms with E-state index in [0.717, 1.165) is 62.4 Å². The normalized spacial score (nSPS) is 15.7. The number of nitrogens with zero attached hydrogens (tertiary/aromatic N) is 7. The smallest absolute Gasteiger partial charge is 0.329 e. The maximum absolute atomic E-state index is 13.5. The molecule has 0 radical (unpaired) electrons. The zero-order chi connectivity index (χ0) is 43.3. The molecule has 0 spiro atoms. The van der Waals surface area contributed by atoms with Crippen LogP contribution in [0.3, 0.4) is 0 Å². The largest absolute Gasteiger partial charge is 0.494 e. The summed E-state index contributed by atoms with van der Waals surface area (Å²) >= 11 is 0. The maximum atomic E-state index is 13.5. The number of carbonyl (C=O) groups excluding carboxylic acids is 3. The number of piperidine rings is 2. The van der Waals surface area contributed by atoms with Crippen LogP contribution < -0.4 is 31.7 Å². The highest BCUT2D eigenvalue weighted by atomic mass is 19.1. The molecular weight excluding hydrogens is 794 g/mol. The molecule has 2 aliphatic rings. The van der Waals surface area contributed by atoms with Gasteiger partial charge in [-0.05, 0) is 74.2 Å². The number of hydrogen-bond acceptors (Lipinski definition) is 12. The molecule has 2 aromatic carbocycles. The maximum Gasteiger partial charge on any atom is 0.329 e. The first-order chi connectivity index (χ1) is 30.1. The Labute approximate surface area is 356 Å². The van der Waals surface area contributed by atoms with Gasteiger partial charge in [-0.3, -0.25) is 33.7 Å². The lowest BCUT2D eigenvalue weighted by molar-refractivity contribution is -0.135. The summed E-state index contributed by atoms with van der Waals surface area (Å²) in [6, 6.07) is 15.8. The molecule has 1 atom stereocenters. The minimum absolute atomic E-state index is 0.184. The van der Waals surface area contributed by atoms with Crippen molar-refractivity contribution in [2.24, 2.45) is 13.0 Å². The number of benzene rings is 2. The lowest BCUT2D eigenvalue weighted by Gasteiger charge is -2.31. The van der Waals surface area contributed by atoms with Crippen molar-refractivity contribution in [3.8, 4) is 29.0 Å². The van der Waals surface area contributed by atoms with Gasteiger partial charge in [0.25, 0.3) is 5.91 Å². The van der Waals surface area contributed by atoms with Crippen LogP contribution in [0.2, 0.25) is 0 Å². The molecule has 316 valence electrons.